The van der Waals surface area contributed by atoms with E-state index in [9.17, 15) is 14.4 Å². The van der Waals surface area contributed by atoms with Gasteiger partial charge in [0, 0.05) is 33.6 Å². The zero-order chi connectivity index (χ0) is 22.2. The van der Waals surface area contributed by atoms with Gasteiger partial charge < -0.3 is 9.64 Å². The minimum atomic E-state index is -0.451. The van der Waals surface area contributed by atoms with E-state index >= 15 is 0 Å². The van der Waals surface area contributed by atoms with Crippen LogP contribution in [0.15, 0.2) is 14.6 Å². The van der Waals surface area contributed by atoms with Crippen molar-refractivity contribution in [3.05, 3.63) is 26.7 Å². The van der Waals surface area contributed by atoms with Gasteiger partial charge in [0.25, 0.3) is 5.56 Å². The summed E-state index contributed by atoms with van der Waals surface area (Å²) in [6.07, 6.45) is 0.586. The number of hydrogen-bond donors (Lipinski definition) is 0. The summed E-state index contributed by atoms with van der Waals surface area (Å²) in [6, 6.07) is 0. The minimum Gasteiger partial charge on any atom is -0.372 e. The second-order valence-corrected chi connectivity index (χ2v) is 9.26. The molecule has 164 valence electrons. The molecule has 0 radical (unpaired) electrons. The lowest BCUT2D eigenvalue weighted by Gasteiger charge is -2.35. The number of hydrogen-bond acceptors (Lipinski definition) is 7. The molecule has 0 aromatic carbocycles. The summed E-state index contributed by atoms with van der Waals surface area (Å²) in [5.41, 5.74) is -0.588. The monoisotopic (exact) mass is 435 g/mol. The Morgan fingerprint density at radius 2 is 1.77 bits per heavy atom. The molecular formula is C20H29N5O4S. The van der Waals surface area contributed by atoms with Crippen LogP contribution in [0.4, 0.5) is 0 Å². The third-order valence-electron chi connectivity index (χ3n) is 5.01. The van der Waals surface area contributed by atoms with Crippen LogP contribution < -0.4 is 11.2 Å². The molecule has 3 heterocycles. The fraction of sp³-hybridized carbons (Fsp3) is 0.650. The van der Waals surface area contributed by atoms with Crippen molar-refractivity contribution in [2.24, 2.45) is 20.0 Å². The van der Waals surface area contributed by atoms with E-state index in [1.807, 2.05) is 27.7 Å². The molecule has 2 aromatic rings. The number of aromatic nitrogens is 4. The highest BCUT2D eigenvalue weighted by molar-refractivity contribution is 8.00. The lowest BCUT2D eigenvalue weighted by Crippen LogP contribution is -2.48. The van der Waals surface area contributed by atoms with E-state index in [1.54, 1.807) is 11.9 Å². The fourth-order valence-electron chi connectivity index (χ4n) is 3.64. The van der Waals surface area contributed by atoms with Gasteiger partial charge in [0.05, 0.1) is 18.0 Å². The van der Waals surface area contributed by atoms with Crippen molar-refractivity contribution in [1.29, 1.82) is 0 Å². The molecule has 1 aliphatic heterocycles. The van der Waals surface area contributed by atoms with Crippen molar-refractivity contribution in [2.75, 3.05) is 18.8 Å². The number of amides is 1. The van der Waals surface area contributed by atoms with Gasteiger partial charge in [-0.25, -0.2) is 14.8 Å². The van der Waals surface area contributed by atoms with Crippen molar-refractivity contribution in [3.8, 4) is 0 Å². The molecule has 0 bridgehead atoms. The van der Waals surface area contributed by atoms with Gasteiger partial charge in [-0.15, -0.1) is 0 Å². The van der Waals surface area contributed by atoms with Gasteiger partial charge in [0.1, 0.15) is 16.2 Å². The van der Waals surface area contributed by atoms with Crippen molar-refractivity contribution in [3.63, 3.8) is 0 Å². The molecule has 30 heavy (non-hydrogen) atoms. The molecule has 1 aliphatic rings. The normalized spacial score (nSPS) is 19.6. The van der Waals surface area contributed by atoms with Crippen LogP contribution in [0.25, 0.3) is 11.0 Å². The van der Waals surface area contributed by atoms with Crippen LogP contribution in [0.1, 0.15) is 33.5 Å². The highest BCUT2D eigenvalue weighted by Gasteiger charge is 2.26. The van der Waals surface area contributed by atoms with Crippen molar-refractivity contribution < 1.29 is 9.53 Å². The largest absolute Gasteiger partial charge is 0.372 e. The van der Waals surface area contributed by atoms with E-state index in [-0.39, 0.29) is 29.3 Å². The smallest absolute Gasteiger partial charge is 0.332 e. The molecule has 0 N–H and O–H groups in total. The Bertz CT molecular complexity index is 1070. The number of aryl methyl sites for hydroxylation is 1. The summed E-state index contributed by atoms with van der Waals surface area (Å²) in [5, 5.41) is 0.711. The van der Waals surface area contributed by atoms with E-state index in [0.29, 0.717) is 41.9 Å². The number of rotatable bonds is 5. The lowest BCUT2D eigenvalue weighted by atomic mass is 10.1. The Kier molecular flexibility index (Phi) is 6.66. The summed E-state index contributed by atoms with van der Waals surface area (Å²) in [7, 11) is 3.02. The number of carbonyl (C=O) groups is 1. The maximum atomic E-state index is 12.8. The minimum absolute atomic E-state index is 0.0120. The summed E-state index contributed by atoms with van der Waals surface area (Å²) in [4.78, 5) is 48.9. The van der Waals surface area contributed by atoms with Crippen molar-refractivity contribution >= 4 is 28.7 Å². The Hall–Kier alpha value is -2.20. The third-order valence-corrected chi connectivity index (χ3v) is 5.97. The quantitative estimate of drug-likeness (QED) is 0.509. The average molecular weight is 436 g/mol. The SMILES string of the molecule is CC(C)Cc1nc(SCC(=O)N2C[C@@H](C)O[C@@H](C)C2)c2c(=O)n(C)c(=O)n(C)c2n1. The topological polar surface area (TPSA) is 99.3 Å². The van der Waals surface area contributed by atoms with Crippen LogP contribution >= 0.6 is 11.8 Å². The van der Waals surface area contributed by atoms with Crippen LogP contribution in [-0.4, -0.2) is 61.0 Å². The Morgan fingerprint density at radius 1 is 1.13 bits per heavy atom. The lowest BCUT2D eigenvalue weighted by molar-refractivity contribution is -0.140. The van der Waals surface area contributed by atoms with Gasteiger partial charge in [0.15, 0.2) is 5.65 Å². The molecule has 9 nitrogen and oxygen atoms in total. The van der Waals surface area contributed by atoms with Crippen molar-refractivity contribution in [1.82, 2.24) is 24.0 Å². The summed E-state index contributed by atoms with van der Waals surface area (Å²) < 4.78 is 8.10. The molecule has 3 rings (SSSR count). The number of morpholine rings is 1. The Balaban J connectivity index is 1.98. The first-order valence-electron chi connectivity index (χ1n) is 10.1. The van der Waals surface area contributed by atoms with Gasteiger partial charge in [-0.3, -0.25) is 18.7 Å². The number of ether oxygens (including phenoxy) is 1. The summed E-state index contributed by atoms with van der Waals surface area (Å²) in [5.74, 6) is 0.991. The van der Waals surface area contributed by atoms with Crippen LogP contribution in [0.5, 0.6) is 0 Å². The first kappa shape index (κ1) is 22.5. The first-order chi connectivity index (χ1) is 14.1. The highest BCUT2D eigenvalue weighted by Crippen LogP contribution is 2.24. The fourth-order valence-corrected chi connectivity index (χ4v) is 4.57. The second-order valence-electron chi connectivity index (χ2n) is 8.29. The molecule has 2 aromatic heterocycles. The molecule has 1 amide bonds. The predicted octanol–water partition coefficient (Wildman–Crippen LogP) is 0.954. The molecule has 0 aliphatic carbocycles. The zero-order valence-corrected chi connectivity index (χ0v) is 19.2. The maximum Gasteiger partial charge on any atom is 0.332 e. The van der Waals surface area contributed by atoms with Gasteiger partial charge in [-0.05, 0) is 19.8 Å². The molecule has 1 fully saturated rings. The highest BCUT2D eigenvalue weighted by atomic mass is 32.2. The average Bonchev–Trinajstić information content (AvgIpc) is 2.67. The van der Waals surface area contributed by atoms with Gasteiger partial charge >= 0.3 is 5.69 Å². The molecule has 1 saturated heterocycles. The molecule has 0 saturated carbocycles. The number of fused-ring (bicyclic) bond motifs is 1. The van der Waals surface area contributed by atoms with E-state index in [0.717, 1.165) is 4.57 Å². The van der Waals surface area contributed by atoms with Gasteiger partial charge in [-0.2, -0.15) is 0 Å². The predicted molar refractivity (Wildman–Crippen MR) is 116 cm³/mol. The summed E-state index contributed by atoms with van der Waals surface area (Å²) in [6.45, 7) is 9.08. The Morgan fingerprint density at radius 3 is 2.37 bits per heavy atom. The van der Waals surface area contributed by atoms with Crippen molar-refractivity contribution in [2.45, 2.75) is 51.3 Å². The van der Waals surface area contributed by atoms with Gasteiger partial charge in [-0.1, -0.05) is 25.6 Å². The van der Waals surface area contributed by atoms with Crippen LogP contribution in [0, 0.1) is 5.92 Å². The van der Waals surface area contributed by atoms with E-state index < -0.39 is 11.2 Å². The number of thioether (sulfide) groups is 1. The number of carbonyl (C=O) groups excluding carboxylic acids is 1. The molecule has 0 unspecified atom stereocenters. The third kappa shape index (κ3) is 4.59. The molecular weight excluding hydrogens is 406 g/mol. The molecule has 0 spiro atoms. The Labute approximate surface area is 179 Å². The second kappa shape index (κ2) is 8.89. The standard InChI is InChI=1S/C20H29N5O4S/c1-11(2)7-14-21-17-16(19(27)24(6)20(28)23(17)5)18(22-14)30-10-15(26)25-8-12(3)29-13(4)9-25/h11-13H,7-10H2,1-6H3/t12-,13+. The number of nitrogens with zero attached hydrogens (tertiary/aromatic N) is 5. The van der Waals surface area contributed by atoms with E-state index in [2.05, 4.69) is 9.97 Å². The van der Waals surface area contributed by atoms with Crippen LogP contribution in [0.3, 0.4) is 0 Å². The van der Waals surface area contributed by atoms with Crippen LogP contribution in [-0.2, 0) is 30.0 Å². The molecule has 2 atom stereocenters. The zero-order valence-electron chi connectivity index (χ0n) is 18.3. The van der Waals surface area contributed by atoms with Gasteiger partial charge in [0.2, 0.25) is 5.91 Å². The first-order valence-corrected chi connectivity index (χ1v) is 11.1. The van der Waals surface area contributed by atoms with Crippen LogP contribution in [0.2, 0.25) is 0 Å². The molecule has 10 heteroatoms. The van der Waals surface area contributed by atoms with E-state index in [4.69, 9.17) is 4.74 Å². The maximum absolute atomic E-state index is 12.8. The van der Waals surface area contributed by atoms with E-state index in [1.165, 1.54) is 23.4 Å². The summed E-state index contributed by atoms with van der Waals surface area (Å²) >= 11 is 1.22.